The summed E-state index contributed by atoms with van der Waals surface area (Å²) in [6.45, 7) is 4.97. The predicted molar refractivity (Wildman–Crippen MR) is 87.7 cm³/mol. The second-order valence-corrected chi connectivity index (χ2v) is 5.40. The van der Waals surface area contributed by atoms with Gasteiger partial charge in [-0.05, 0) is 43.0 Å². The zero-order valence-electron chi connectivity index (χ0n) is 13.6. The van der Waals surface area contributed by atoms with Crippen molar-refractivity contribution < 1.29 is 9.47 Å². The Bertz CT molecular complexity index is 617. The van der Waals surface area contributed by atoms with Crippen LogP contribution < -0.4 is 14.8 Å². The summed E-state index contributed by atoms with van der Waals surface area (Å²) in [6.07, 6.45) is 2.71. The maximum atomic E-state index is 5.34. The Labute approximate surface area is 131 Å². The Hall–Kier alpha value is -2.30. The standard InChI is InChI=1S/C17H23N3O2/c1-12(11-19-17-18-8-7-13(2)20-17)9-14-5-6-15(21-3)16(10-14)22-4/h5-8,10,12H,9,11H2,1-4H3,(H,18,19,20). The van der Waals surface area contributed by atoms with Gasteiger partial charge in [-0.15, -0.1) is 0 Å². The molecule has 1 aromatic heterocycles. The van der Waals surface area contributed by atoms with Crippen molar-refractivity contribution in [2.24, 2.45) is 5.92 Å². The molecule has 0 fully saturated rings. The average Bonchev–Trinajstić information content (AvgIpc) is 2.53. The second-order valence-electron chi connectivity index (χ2n) is 5.40. The summed E-state index contributed by atoms with van der Waals surface area (Å²) in [6, 6.07) is 7.93. The molecule has 22 heavy (non-hydrogen) atoms. The van der Waals surface area contributed by atoms with Gasteiger partial charge in [0.2, 0.25) is 5.95 Å². The third kappa shape index (κ3) is 4.35. The fraction of sp³-hybridized carbons (Fsp3) is 0.412. The Balaban J connectivity index is 1.93. The zero-order chi connectivity index (χ0) is 15.9. The first-order valence-electron chi connectivity index (χ1n) is 7.36. The molecule has 0 radical (unpaired) electrons. The van der Waals surface area contributed by atoms with Crippen molar-refractivity contribution in [3.8, 4) is 11.5 Å². The van der Waals surface area contributed by atoms with Gasteiger partial charge in [0.25, 0.3) is 0 Å². The van der Waals surface area contributed by atoms with E-state index in [0.29, 0.717) is 11.9 Å². The summed E-state index contributed by atoms with van der Waals surface area (Å²) < 4.78 is 10.6. The molecule has 0 bridgehead atoms. The van der Waals surface area contributed by atoms with E-state index in [-0.39, 0.29) is 0 Å². The Kier molecular flexibility index (Phi) is 5.58. The molecule has 0 aliphatic carbocycles. The molecule has 1 atom stereocenters. The van der Waals surface area contributed by atoms with Gasteiger partial charge in [0.15, 0.2) is 11.5 Å². The van der Waals surface area contributed by atoms with Crippen LogP contribution in [0.1, 0.15) is 18.2 Å². The van der Waals surface area contributed by atoms with Crippen molar-refractivity contribution in [1.82, 2.24) is 9.97 Å². The molecule has 1 heterocycles. The monoisotopic (exact) mass is 301 g/mol. The van der Waals surface area contributed by atoms with Gasteiger partial charge in [0.1, 0.15) is 0 Å². The summed E-state index contributed by atoms with van der Waals surface area (Å²) in [5, 5.41) is 3.28. The highest BCUT2D eigenvalue weighted by atomic mass is 16.5. The molecule has 0 amide bonds. The molecule has 1 unspecified atom stereocenters. The van der Waals surface area contributed by atoms with Crippen molar-refractivity contribution in [2.45, 2.75) is 20.3 Å². The lowest BCUT2D eigenvalue weighted by Crippen LogP contribution is -2.15. The van der Waals surface area contributed by atoms with E-state index in [1.54, 1.807) is 20.4 Å². The van der Waals surface area contributed by atoms with Gasteiger partial charge in [-0.2, -0.15) is 0 Å². The van der Waals surface area contributed by atoms with Crippen molar-refractivity contribution in [3.05, 3.63) is 41.7 Å². The lowest BCUT2D eigenvalue weighted by molar-refractivity contribution is 0.354. The highest BCUT2D eigenvalue weighted by Crippen LogP contribution is 2.28. The number of anilines is 1. The molecule has 5 nitrogen and oxygen atoms in total. The van der Waals surface area contributed by atoms with Gasteiger partial charge in [-0.1, -0.05) is 13.0 Å². The van der Waals surface area contributed by atoms with Crippen LogP contribution in [-0.4, -0.2) is 30.7 Å². The third-order valence-corrected chi connectivity index (χ3v) is 3.44. The molecule has 2 aromatic rings. The predicted octanol–water partition coefficient (Wildman–Crippen LogP) is 3.09. The molecule has 0 saturated heterocycles. The SMILES string of the molecule is COc1ccc(CC(C)CNc2nccc(C)n2)cc1OC. The van der Waals surface area contributed by atoms with E-state index < -0.39 is 0 Å². The number of nitrogens with one attached hydrogen (secondary N) is 1. The summed E-state index contributed by atoms with van der Waals surface area (Å²) in [5.74, 6) is 2.65. The normalized spacial score (nSPS) is 11.8. The van der Waals surface area contributed by atoms with Crippen LogP contribution in [0.4, 0.5) is 5.95 Å². The van der Waals surface area contributed by atoms with E-state index in [1.165, 1.54) is 5.56 Å². The van der Waals surface area contributed by atoms with Gasteiger partial charge in [-0.3, -0.25) is 0 Å². The molecular weight excluding hydrogens is 278 g/mol. The molecule has 0 aliphatic rings. The number of methoxy groups -OCH3 is 2. The number of ether oxygens (including phenoxy) is 2. The van der Waals surface area contributed by atoms with E-state index in [9.17, 15) is 0 Å². The van der Waals surface area contributed by atoms with Crippen LogP contribution in [0, 0.1) is 12.8 Å². The van der Waals surface area contributed by atoms with Crippen molar-refractivity contribution >= 4 is 5.95 Å². The zero-order valence-corrected chi connectivity index (χ0v) is 13.6. The number of aryl methyl sites for hydroxylation is 1. The molecule has 118 valence electrons. The van der Waals surface area contributed by atoms with Crippen LogP contribution in [0.2, 0.25) is 0 Å². The second kappa shape index (κ2) is 7.64. The summed E-state index contributed by atoms with van der Waals surface area (Å²) in [7, 11) is 3.30. The number of rotatable bonds is 7. The first-order valence-corrected chi connectivity index (χ1v) is 7.36. The van der Waals surface area contributed by atoms with Crippen molar-refractivity contribution in [2.75, 3.05) is 26.1 Å². The summed E-state index contributed by atoms with van der Waals surface area (Å²) >= 11 is 0. The fourth-order valence-corrected chi connectivity index (χ4v) is 2.28. The number of aromatic nitrogens is 2. The van der Waals surface area contributed by atoms with Crippen LogP contribution >= 0.6 is 0 Å². The molecule has 0 saturated carbocycles. The fourth-order valence-electron chi connectivity index (χ4n) is 2.28. The molecule has 1 aromatic carbocycles. The maximum absolute atomic E-state index is 5.34. The highest BCUT2D eigenvalue weighted by Gasteiger charge is 2.09. The number of nitrogens with zero attached hydrogens (tertiary/aromatic N) is 2. The highest BCUT2D eigenvalue weighted by molar-refractivity contribution is 5.43. The molecular formula is C17H23N3O2. The molecule has 0 spiro atoms. The van der Waals surface area contributed by atoms with Gasteiger partial charge in [0.05, 0.1) is 14.2 Å². The van der Waals surface area contributed by atoms with Gasteiger partial charge >= 0.3 is 0 Å². The quantitative estimate of drug-likeness (QED) is 0.851. The summed E-state index contributed by atoms with van der Waals surface area (Å²) in [4.78, 5) is 8.55. The average molecular weight is 301 g/mol. The lowest BCUT2D eigenvalue weighted by Gasteiger charge is -2.14. The van der Waals surface area contributed by atoms with Gasteiger partial charge in [0, 0.05) is 18.4 Å². The Morgan fingerprint density at radius 3 is 2.59 bits per heavy atom. The van der Waals surface area contributed by atoms with E-state index >= 15 is 0 Å². The van der Waals surface area contributed by atoms with E-state index in [0.717, 1.165) is 30.2 Å². The van der Waals surface area contributed by atoms with Gasteiger partial charge < -0.3 is 14.8 Å². The number of benzene rings is 1. The first-order chi connectivity index (χ1) is 10.6. The number of hydrogen-bond acceptors (Lipinski definition) is 5. The Morgan fingerprint density at radius 2 is 1.91 bits per heavy atom. The summed E-state index contributed by atoms with van der Waals surface area (Å²) in [5.41, 5.74) is 2.18. The minimum atomic E-state index is 0.446. The minimum absolute atomic E-state index is 0.446. The smallest absolute Gasteiger partial charge is 0.222 e. The molecule has 5 heteroatoms. The van der Waals surface area contributed by atoms with Crippen molar-refractivity contribution in [1.29, 1.82) is 0 Å². The number of hydrogen-bond donors (Lipinski definition) is 1. The van der Waals surface area contributed by atoms with E-state index in [4.69, 9.17) is 9.47 Å². The lowest BCUT2D eigenvalue weighted by atomic mass is 10.0. The van der Waals surface area contributed by atoms with E-state index in [1.807, 2.05) is 25.1 Å². The maximum Gasteiger partial charge on any atom is 0.222 e. The van der Waals surface area contributed by atoms with Crippen LogP contribution in [-0.2, 0) is 6.42 Å². The third-order valence-electron chi connectivity index (χ3n) is 3.44. The van der Waals surface area contributed by atoms with Gasteiger partial charge in [-0.25, -0.2) is 9.97 Å². The molecule has 1 N–H and O–H groups in total. The minimum Gasteiger partial charge on any atom is -0.493 e. The van der Waals surface area contributed by atoms with Crippen LogP contribution in [0.5, 0.6) is 11.5 Å². The first kappa shape index (κ1) is 16.1. The van der Waals surface area contributed by atoms with Crippen LogP contribution in [0.15, 0.2) is 30.5 Å². The van der Waals surface area contributed by atoms with Crippen LogP contribution in [0.3, 0.4) is 0 Å². The molecule has 2 rings (SSSR count). The van der Waals surface area contributed by atoms with Crippen molar-refractivity contribution in [3.63, 3.8) is 0 Å². The van der Waals surface area contributed by atoms with E-state index in [2.05, 4.69) is 28.3 Å². The van der Waals surface area contributed by atoms with Crippen LogP contribution in [0.25, 0.3) is 0 Å². The largest absolute Gasteiger partial charge is 0.493 e. The molecule has 0 aliphatic heterocycles. The Morgan fingerprint density at radius 1 is 1.14 bits per heavy atom. The topological polar surface area (TPSA) is 56.3 Å².